The van der Waals surface area contributed by atoms with Gasteiger partial charge in [0.1, 0.15) is 4.83 Å². The highest BCUT2D eigenvalue weighted by molar-refractivity contribution is 7.18. The maximum Gasteiger partial charge on any atom is 0.124 e. The van der Waals surface area contributed by atoms with Crippen LogP contribution in [0.5, 0.6) is 0 Å². The van der Waals surface area contributed by atoms with E-state index in [-0.39, 0.29) is 0 Å². The molecule has 1 aromatic carbocycles. The van der Waals surface area contributed by atoms with Gasteiger partial charge in [0.2, 0.25) is 0 Å². The van der Waals surface area contributed by atoms with E-state index in [2.05, 4.69) is 56.1 Å². The fourth-order valence-corrected chi connectivity index (χ4v) is 3.63. The van der Waals surface area contributed by atoms with Gasteiger partial charge < -0.3 is 0 Å². The van der Waals surface area contributed by atoms with Crippen molar-refractivity contribution in [2.24, 2.45) is 5.41 Å². The highest BCUT2D eigenvalue weighted by Crippen LogP contribution is 2.33. The smallest absolute Gasteiger partial charge is 0.124 e. The Morgan fingerprint density at radius 3 is 2.67 bits per heavy atom. The highest BCUT2D eigenvalue weighted by atomic mass is 32.1. The number of aromatic nitrogens is 1. The van der Waals surface area contributed by atoms with Gasteiger partial charge in [-0.3, -0.25) is 0 Å². The summed E-state index contributed by atoms with van der Waals surface area (Å²) in [5, 5.41) is 3.85. The summed E-state index contributed by atoms with van der Waals surface area (Å²) in [5.74, 6) is 0. The zero-order chi connectivity index (χ0) is 12.8. The molecule has 1 nitrogen and oxygen atoms in total. The van der Waals surface area contributed by atoms with Crippen molar-refractivity contribution in [2.75, 3.05) is 0 Å². The van der Waals surface area contributed by atoms with E-state index in [1.165, 1.54) is 21.0 Å². The second-order valence-electron chi connectivity index (χ2n) is 6.01. The average molecular weight is 255 g/mol. The van der Waals surface area contributed by atoms with Crippen molar-refractivity contribution in [3.63, 3.8) is 0 Å². The summed E-state index contributed by atoms with van der Waals surface area (Å²) in [6.07, 6.45) is 3.09. The number of pyridine rings is 1. The Balaban J connectivity index is 2.20. The molecule has 0 radical (unpaired) electrons. The van der Waals surface area contributed by atoms with E-state index >= 15 is 0 Å². The third kappa shape index (κ3) is 2.13. The molecular weight excluding hydrogens is 238 g/mol. The van der Waals surface area contributed by atoms with Crippen LogP contribution in [0, 0.1) is 5.41 Å². The third-order valence-electron chi connectivity index (χ3n) is 3.04. The van der Waals surface area contributed by atoms with Crippen molar-refractivity contribution in [1.82, 2.24) is 4.98 Å². The maximum atomic E-state index is 4.58. The van der Waals surface area contributed by atoms with Gasteiger partial charge in [-0.1, -0.05) is 45.0 Å². The number of rotatable bonds is 1. The van der Waals surface area contributed by atoms with Crippen LogP contribution in [0.4, 0.5) is 0 Å². The monoisotopic (exact) mass is 255 g/mol. The van der Waals surface area contributed by atoms with Crippen LogP contribution in [0.15, 0.2) is 36.5 Å². The second-order valence-corrected chi connectivity index (χ2v) is 7.13. The van der Waals surface area contributed by atoms with Gasteiger partial charge in [-0.2, -0.15) is 0 Å². The summed E-state index contributed by atoms with van der Waals surface area (Å²) >= 11 is 1.83. The molecule has 3 aromatic rings. The fraction of sp³-hybridized carbons (Fsp3) is 0.312. The first-order valence-corrected chi connectivity index (χ1v) is 7.11. The molecule has 0 aliphatic carbocycles. The summed E-state index contributed by atoms with van der Waals surface area (Å²) in [6, 6.07) is 10.8. The van der Waals surface area contributed by atoms with Crippen LogP contribution in [0.2, 0.25) is 0 Å². The molecule has 0 aliphatic rings. The van der Waals surface area contributed by atoms with Crippen molar-refractivity contribution < 1.29 is 0 Å². The van der Waals surface area contributed by atoms with Crippen LogP contribution < -0.4 is 0 Å². The van der Waals surface area contributed by atoms with Gasteiger partial charge in [0, 0.05) is 21.8 Å². The summed E-state index contributed by atoms with van der Waals surface area (Å²) in [7, 11) is 0. The predicted molar refractivity (Wildman–Crippen MR) is 80.3 cm³/mol. The molecule has 3 rings (SSSR count). The average Bonchev–Trinajstić information content (AvgIpc) is 2.69. The lowest BCUT2D eigenvalue weighted by Crippen LogP contribution is -2.07. The number of nitrogens with zero attached hydrogens (tertiary/aromatic N) is 1. The molecule has 0 spiro atoms. The Kier molecular flexibility index (Phi) is 2.63. The summed E-state index contributed by atoms with van der Waals surface area (Å²) < 4.78 is 0. The molecular formula is C16H17NS. The molecule has 0 saturated carbocycles. The van der Waals surface area contributed by atoms with Gasteiger partial charge in [-0.15, -0.1) is 11.3 Å². The first-order valence-electron chi connectivity index (χ1n) is 6.29. The number of benzene rings is 1. The lowest BCUT2D eigenvalue weighted by Gasteiger charge is -2.15. The molecule has 0 N–H and O–H groups in total. The Hall–Kier alpha value is -1.41. The molecule has 18 heavy (non-hydrogen) atoms. The molecule has 0 unspecified atom stereocenters. The molecule has 0 aliphatic heterocycles. The minimum Gasteiger partial charge on any atom is -0.245 e. The van der Waals surface area contributed by atoms with E-state index in [9.17, 15) is 0 Å². The second kappa shape index (κ2) is 4.06. The zero-order valence-electron chi connectivity index (χ0n) is 11.0. The molecule has 0 fully saturated rings. The van der Waals surface area contributed by atoms with Crippen LogP contribution >= 0.6 is 11.3 Å². The summed E-state index contributed by atoms with van der Waals surface area (Å²) in [6.45, 7) is 6.84. The Bertz CT molecular complexity index is 704. The van der Waals surface area contributed by atoms with E-state index < -0.39 is 0 Å². The third-order valence-corrected chi connectivity index (χ3v) is 4.08. The number of fused-ring (bicyclic) bond motifs is 3. The predicted octanol–water partition coefficient (Wildman–Crippen LogP) is 5.04. The molecule has 2 aromatic heterocycles. The van der Waals surface area contributed by atoms with Crippen LogP contribution in [0.25, 0.3) is 21.0 Å². The SMILES string of the molecule is CC(C)(C)Cc1cc2c(ncc3ccccc32)s1. The minimum atomic E-state index is 0.330. The maximum absolute atomic E-state index is 4.58. The minimum absolute atomic E-state index is 0.330. The van der Waals surface area contributed by atoms with E-state index in [1.807, 2.05) is 17.5 Å². The lowest BCUT2D eigenvalue weighted by atomic mass is 9.91. The van der Waals surface area contributed by atoms with Crippen molar-refractivity contribution >= 4 is 32.3 Å². The van der Waals surface area contributed by atoms with Crippen molar-refractivity contribution in [2.45, 2.75) is 27.2 Å². The lowest BCUT2D eigenvalue weighted by molar-refractivity contribution is 0.415. The summed E-state index contributed by atoms with van der Waals surface area (Å²) in [4.78, 5) is 7.17. The topological polar surface area (TPSA) is 12.9 Å². The van der Waals surface area contributed by atoms with Crippen molar-refractivity contribution in [3.05, 3.63) is 41.4 Å². The van der Waals surface area contributed by atoms with Gasteiger partial charge in [-0.25, -0.2) is 4.98 Å². The van der Waals surface area contributed by atoms with Gasteiger partial charge >= 0.3 is 0 Å². The van der Waals surface area contributed by atoms with Crippen LogP contribution in [-0.2, 0) is 6.42 Å². The number of hydrogen-bond donors (Lipinski definition) is 0. The first-order chi connectivity index (χ1) is 8.53. The fourth-order valence-electron chi connectivity index (χ4n) is 2.31. The van der Waals surface area contributed by atoms with Crippen LogP contribution in [0.1, 0.15) is 25.6 Å². The first kappa shape index (κ1) is 11.7. The molecule has 0 bridgehead atoms. The zero-order valence-corrected chi connectivity index (χ0v) is 11.8. The van der Waals surface area contributed by atoms with Crippen molar-refractivity contribution in [3.8, 4) is 0 Å². The standard InChI is InChI=1S/C16H17NS/c1-16(2,3)9-12-8-14-13-7-5-4-6-11(13)10-17-15(14)18-12/h4-8,10H,9H2,1-3H3. The molecule has 0 amide bonds. The highest BCUT2D eigenvalue weighted by Gasteiger charge is 2.14. The molecule has 0 atom stereocenters. The van der Waals surface area contributed by atoms with E-state index in [4.69, 9.17) is 0 Å². The quantitative estimate of drug-likeness (QED) is 0.593. The molecule has 2 heterocycles. The van der Waals surface area contributed by atoms with Gasteiger partial charge in [0.25, 0.3) is 0 Å². The molecule has 2 heteroatoms. The molecule has 0 saturated heterocycles. The summed E-state index contributed by atoms with van der Waals surface area (Å²) in [5.41, 5.74) is 0.330. The number of hydrogen-bond acceptors (Lipinski definition) is 2. The Morgan fingerprint density at radius 2 is 1.89 bits per heavy atom. The largest absolute Gasteiger partial charge is 0.245 e. The van der Waals surface area contributed by atoms with Gasteiger partial charge in [0.15, 0.2) is 0 Å². The van der Waals surface area contributed by atoms with E-state index in [0.29, 0.717) is 5.41 Å². The van der Waals surface area contributed by atoms with Gasteiger partial charge in [0.05, 0.1) is 0 Å². The van der Waals surface area contributed by atoms with Gasteiger partial charge in [-0.05, 0) is 23.3 Å². The number of thiophene rings is 1. The normalized spacial score (nSPS) is 12.4. The Labute approximate surface area is 111 Å². The van der Waals surface area contributed by atoms with E-state index in [0.717, 1.165) is 11.3 Å². The van der Waals surface area contributed by atoms with Crippen LogP contribution in [-0.4, -0.2) is 4.98 Å². The molecule has 92 valence electrons. The van der Waals surface area contributed by atoms with Crippen LogP contribution in [0.3, 0.4) is 0 Å². The van der Waals surface area contributed by atoms with Crippen molar-refractivity contribution in [1.29, 1.82) is 0 Å². The Morgan fingerprint density at radius 1 is 1.11 bits per heavy atom. The van der Waals surface area contributed by atoms with E-state index in [1.54, 1.807) is 0 Å².